The Balaban J connectivity index is 2.39. The van der Waals surface area contributed by atoms with Crippen molar-refractivity contribution in [2.45, 2.75) is 32.6 Å². The molecule has 1 rings (SSSR count). The molecule has 0 aromatic carbocycles. The summed E-state index contributed by atoms with van der Waals surface area (Å²) >= 11 is 0. The fourth-order valence-electron chi connectivity index (χ4n) is 1.69. The smallest absolute Gasteiger partial charge is 0.220 e. The lowest BCUT2D eigenvalue weighted by molar-refractivity contribution is -0.123. The lowest BCUT2D eigenvalue weighted by Crippen LogP contribution is -2.27. The largest absolute Gasteiger partial charge is 0.369 e. The Labute approximate surface area is 61.8 Å². The molecule has 2 N–H and O–H groups in total. The minimum atomic E-state index is -0.105. The van der Waals surface area contributed by atoms with E-state index in [0.717, 1.165) is 12.8 Å². The molecule has 58 valence electrons. The van der Waals surface area contributed by atoms with Crippen molar-refractivity contribution < 1.29 is 4.79 Å². The number of carbonyl (C=O) groups excluding carboxylic acids is 1. The third-order valence-electron chi connectivity index (χ3n) is 2.34. The van der Waals surface area contributed by atoms with Gasteiger partial charge in [0.05, 0.1) is 0 Å². The molecule has 0 aliphatic heterocycles. The highest BCUT2D eigenvalue weighted by Gasteiger charge is 2.22. The van der Waals surface area contributed by atoms with Crippen LogP contribution in [0.3, 0.4) is 0 Å². The average Bonchev–Trinajstić information content (AvgIpc) is 1.88. The Morgan fingerprint density at radius 2 is 2.20 bits per heavy atom. The van der Waals surface area contributed by atoms with Crippen LogP contribution in [0.25, 0.3) is 0 Å². The SMILES string of the molecule is CC1CCCC(C(N)=O)C1. The number of carbonyl (C=O) groups is 1. The number of amides is 1. The molecule has 0 saturated heterocycles. The van der Waals surface area contributed by atoms with E-state index in [2.05, 4.69) is 6.92 Å². The number of nitrogens with two attached hydrogens (primary N) is 1. The number of primary amides is 1. The van der Waals surface area contributed by atoms with Crippen LogP contribution >= 0.6 is 0 Å². The summed E-state index contributed by atoms with van der Waals surface area (Å²) in [4.78, 5) is 10.7. The Kier molecular flexibility index (Phi) is 2.30. The zero-order valence-corrected chi connectivity index (χ0v) is 6.47. The average molecular weight is 141 g/mol. The van der Waals surface area contributed by atoms with Gasteiger partial charge in [-0.05, 0) is 18.8 Å². The molecule has 10 heavy (non-hydrogen) atoms. The zero-order valence-electron chi connectivity index (χ0n) is 6.47. The second-order valence-corrected chi connectivity index (χ2v) is 3.37. The molecular formula is C8H15NO. The van der Waals surface area contributed by atoms with E-state index in [1.54, 1.807) is 0 Å². The van der Waals surface area contributed by atoms with Gasteiger partial charge in [0.1, 0.15) is 0 Å². The Morgan fingerprint density at radius 1 is 1.50 bits per heavy atom. The van der Waals surface area contributed by atoms with Crippen LogP contribution in [-0.4, -0.2) is 5.91 Å². The lowest BCUT2D eigenvalue weighted by atomic mass is 9.82. The second kappa shape index (κ2) is 3.04. The molecule has 0 radical (unpaired) electrons. The quantitative estimate of drug-likeness (QED) is 0.587. The molecule has 2 atom stereocenters. The highest BCUT2D eigenvalue weighted by Crippen LogP contribution is 2.27. The normalized spacial score (nSPS) is 33.7. The molecule has 1 saturated carbocycles. The highest BCUT2D eigenvalue weighted by atomic mass is 16.1. The van der Waals surface area contributed by atoms with E-state index in [9.17, 15) is 4.79 Å². The van der Waals surface area contributed by atoms with Crippen LogP contribution in [0.15, 0.2) is 0 Å². The summed E-state index contributed by atoms with van der Waals surface area (Å²) in [5.74, 6) is 0.765. The van der Waals surface area contributed by atoms with Crippen molar-refractivity contribution >= 4 is 5.91 Å². The molecule has 0 heterocycles. The molecule has 2 heteroatoms. The van der Waals surface area contributed by atoms with Gasteiger partial charge in [-0.2, -0.15) is 0 Å². The third kappa shape index (κ3) is 1.72. The molecule has 0 spiro atoms. The molecule has 1 aliphatic rings. The molecule has 0 aromatic rings. The van der Waals surface area contributed by atoms with Crippen molar-refractivity contribution in [1.29, 1.82) is 0 Å². The van der Waals surface area contributed by atoms with Crippen molar-refractivity contribution in [1.82, 2.24) is 0 Å². The van der Waals surface area contributed by atoms with E-state index in [1.807, 2.05) is 0 Å². The van der Waals surface area contributed by atoms with E-state index in [-0.39, 0.29) is 11.8 Å². The van der Waals surface area contributed by atoms with E-state index < -0.39 is 0 Å². The maximum absolute atomic E-state index is 10.7. The zero-order chi connectivity index (χ0) is 7.56. The van der Waals surface area contributed by atoms with Gasteiger partial charge in [-0.25, -0.2) is 0 Å². The Hall–Kier alpha value is -0.530. The molecule has 2 unspecified atom stereocenters. The first kappa shape index (κ1) is 7.58. The van der Waals surface area contributed by atoms with Gasteiger partial charge in [0.25, 0.3) is 0 Å². The van der Waals surface area contributed by atoms with Gasteiger partial charge < -0.3 is 5.73 Å². The fourth-order valence-corrected chi connectivity index (χ4v) is 1.69. The maximum atomic E-state index is 10.7. The van der Waals surface area contributed by atoms with Crippen molar-refractivity contribution in [2.75, 3.05) is 0 Å². The van der Waals surface area contributed by atoms with Crippen molar-refractivity contribution in [3.63, 3.8) is 0 Å². The van der Waals surface area contributed by atoms with Crippen LogP contribution in [0.5, 0.6) is 0 Å². The first-order chi connectivity index (χ1) is 4.70. The van der Waals surface area contributed by atoms with Crippen LogP contribution in [-0.2, 0) is 4.79 Å². The van der Waals surface area contributed by atoms with Crippen LogP contribution in [0.1, 0.15) is 32.6 Å². The monoisotopic (exact) mass is 141 g/mol. The summed E-state index contributed by atoms with van der Waals surface area (Å²) in [7, 11) is 0. The van der Waals surface area contributed by atoms with Crippen LogP contribution < -0.4 is 5.73 Å². The third-order valence-corrected chi connectivity index (χ3v) is 2.34. The molecule has 1 amide bonds. The van der Waals surface area contributed by atoms with Gasteiger partial charge >= 0.3 is 0 Å². The molecule has 0 bridgehead atoms. The number of rotatable bonds is 1. The topological polar surface area (TPSA) is 43.1 Å². The molecule has 1 fully saturated rings. The molecular weight excluding hydrogens is 126 g/mol. The fraction of sp³-hybridized carbons (Fsp3) is 0.875. The predicted octanol–water partition coefficient (Wildman–Crippen LogP) is 1.30. The first-order valence-electron chi connectivity index (χ1n) is 3.99. The standard InChI is InChI=1S/C8H15NO/c1-6-3-2-4-7(5-6)8(9)10/h6-7H,2-5H2,1H3,(H2,9,10). The summed E-state index contributed by atoms with van der Waals surface area (Å²) in [6.45, 7) is 2.19. The van der Waals surface area contributed by atoms with Crippen molar-refractivity contribution in [3.05, 3.63) is 0 Å². The number of hydrogen-bond acceptors (Lipinski definition) is 1. The van der Waals surface area contributed by atoms with E-state index in [4.69, 9.17) is 5.73 Å². The van der Waals surface area contributed by atoms with Crippen molar-refractivity contribution in [2.24, 2.45) is 17.6 Å². The van der Waals surface area contributed by atoms with Gasteiger partial charge in [0.15, 0.2) is 0 Å². The van der Waals surface area contributed by atoms with Gasteiger partial charge in [-0.1, -0.05) is 19.8 Å². The summed E-state index contributed by atoms with van der Waals surface area (Å²) in [6, 6.07) is 0. The first-order valence-corrected chi connectivity index (χ1v) is 3.99. The summed E-state index contributed by atoms with van der Waals surface area (Å²) in [6.07, 6.45) is 4.47. The maximum Gasteiger partial charge on any atom is 0.220 e. The van der Waals surface area contributed by atoms with E-state index >= 15 is 0 Å². The van der Waals surface area contributed by atoms with Crippen LogP contribution in [0.2, 0.25) is 0 Å². The van der Waals surface area contributed by atoms with Gasteiger partial charge in [-0.15, -0.1) is 0 Å². The molecule has 0 aromatic heterocycles. The molecule has 1 aliphatic carbocycles. The Morgan fingerprint density at radius 3 is 2.60 bits per heavy atom. The Bertz CT molecular complexity index is 133. The second-order valence-electron chi connectivity index (χ2n) is 3.37. The molecule has 2 nitrogen and oxygen atoms in total. The van der Waals surface area contributed by atoms with Crippen LogP contribution in [0, 0.1) is 11.8 Å². The van der Waals surface area contributed by atoms with Gasteiger partial charge in [-0.3, -0.25) is 4.79 Å². The minimum Gasteiger partial charge on any atom is -0.369 e. The van der Waals surface area contributed by atoms with Crippen LogP contribution in [0.4, 0.5) is 0 Å². The van der Waals surface area contributed by atoms with Crippen molar-refractivity contribution in [3.8, 4) is 0 Å². The lowest BCUT2D eigenvalue weighted by Gasteiger charge is -2.23. The highest BCUT2D eigenvalue weighted by molar-refractivity contribution is 5.76. The predicted molar refractivity (Wildman–Crippen MR) is 40.3 cm³/mol. The van der Waals surface area contributed by atoms with E-state index in [1.165, 1.54) is 12.8 Å². The number of hydrogen-bond donors (Lipinski definition) is 1. The van der Waals surface area contributed by atoms with Gasteiger partial charge in [0.2, 0.25) is 5.91 Å². The van der Waals surface area contributed by atoms with E-state index in [0.29, 0.717) is 5.92 Å². The minimum absolute atomic E-state index is 0.105. The summed E-state index contributed by atoms with van der Waals surface area (Å²) < 4.78 is 0. The van der Waals surface area contributed by atoms with Gasteiger partial charge in [0, 0.05) is 5.92 Å². The summed E-state index contributed by atoms with van der Waals surface area (Å²) in [5.41, 5.74) is 5.19. The summed E-state index contributed by atoms with van der Waals surface area (Å²) in [5, 5.41) is 0.